The molecular formula is C17H25N3O3S. The molecule has 0 aromatic carbocycles. The molecule has 1 aromatic rings. The third kappa shape index (κ3) is 3.31. The van der Waals surface area contributed by atoms with Gasteiger partial charge in [-0.3, -0.25) is 9.59 Å². The van der Waals surface area contributed by atoms with Gasteiger partial charge in [0.2, 0.25) is 11.8 Å². The van der Waals surface area contributed by atoms with Crippen LogP contribution in [0.25, 0.3) is 0 Å². The van der Waals surface area contributed by atoms with Crippen LogP contribution in [-0.4, -0.2) is 57.9 Å². The predicted molar refractivity (Wildman–Crippen MR) is 92.6 cm³/mol. The van der Waals surface area contributed by atoms with Gasteiger partial charge in [-0.25, -0.2) is 0 Å². The number of rotatable bonds is 5. The minimum absolute atomic E-state index is 0.0672. The van der Waals surface area contributed by atoms with Gasteiger partial charge in [-0.15, -0.1) is 0 Å². The van der Waals surface area contributed by atoms with Crippen molar-refractivity contribution in [2.24, 2.45) is 5.92 Å². The number of hydrogen-bond donors (Lipinski definition) is 0. The monoisotopic (exact) mass is 351 g/mol. The molecule has 2 bridgehead atoms. The highest BCUT2D eigenvalue weighted by atomic mass is 32.2. The molecule has 0 saturated carbocycles. The van der Waals surface area contributed by atoms with E-state index in [1.165, 1.54) is 0 Å². The zero-order chi connectivity index (χ0) is 17.3. The number of hydrogen-bond acceptors (Lipinski definition) is 5. The van der Waals surface area contributed by atoms with E-state index in [-0.39, 0.29) is 23.8 Å². The molecule has 3 fully saturated rings. The van der Waals surface area contributed by atoms with E-state index in [0.29, 0.717) is 26.1 Å². The van der Waals surface area contributed by atoms with Gasteiger partial charge in [0.05, 0.1) is 18.2 Å². The SMILES string of the molecule is CSCCC(=O)N1C[C@@H]2CC[C@H](C1)N(Cc1c(C)noc1C)C2=O. The molecule has 3 aliphatic rings. The second-order valence-electron chi connectivity index (χ2n) is 6.74. The molecule has 3 aliphatic heterocycles. The first-order valence-electron chi connectivity index (χ1n) is 8.50. The lowest BCUT2D eigenvalue weighted by Crippen LogP contribution is -2.47. The van der Waals surface area contributed by atoms with Crippen molar-refractivity contribution in [1.29, 1.82) is 0 Å². The smallest absolute Gasteiger partial charge is 0.228 e. The largest absolute Gasteiger partial charge is 0.361 e. The number of carbonyl (C=O) groups excluding carboxylic acids is 2. The lowest BCUT2D eigenvalue weighted by molar-refractivity contribution is -0.140. The molecule has 0 aliphatic carbocycles. The van der Waals surface area contributed by atoms with Crippen LogP contribution in [0.4, 0.5) is 0 Å². The molecule has 0 unspecified atom stereocenters. The van der Waals surface area contributed by atoms with E-state index in [0.717, 1.165) is 35.6 Å². The quantitative estimate of drug-likeness (QED) is 0.812. The van der Waals surface area contributed by atoms with Crippen molar-refractivity contribution in [3.8, 4) is 0 Å². The first kappa shape index (κ1) is 17.3. The molecule has 6 nitrogen and oxygen atoms in total. The molecule has 4 heterocycles. The van der Waals surface area contributed by atoms with Gasteiger partial charge in [0, 0.05) is 36.9 Å². The Morgan fingerprint density at radius 1 is 1.33 bits per heavy atom. The number of amides is 2. The fourth-order valence-electron chi connectivity index (χ4n) is 3.70. The van der Waals surface area contributed by atoms with Crippen LogP contribution < -0.4 is 0 Å². The van der Waals surface area contributed by atoms with Crippen LogP contribution in [-0.2, 0) is 16.1 Å². The zero-order valence-electron chi connectivity index (χ0n) is 14.6. The highest BCUT2D eigenvalue weighted by Crippen LogP contribution is 2.31. The fourth-order valence-corrected chi connectivity index (χ4v) is 4.08. The molecule has 0 radical (unpaired) electrons. The predicted octanol–water partition coefficient (Wildman–Crippen LogP) is 1.99. The third-order valence-corrected chi connectivity index (χ3v) is 5.79. The molecular weight excluding hydrogens is 326 g/mol. The van der Waals surface area contributed by atoms with Gasteiger partial charge < -0.3 is 14.3 Å². The van der Waals surface area contributed by atoms with E-state index in [1.54, 1.807) is 11.8 Å². The topological polar surface area (TPSA) is 66.7 Å². The molecule has 24 heavy (non-hydrogen) atoms. The van der Waals surface area contributed by atoms with Crippen molar-refractivity contribution in [3.05, 3.63) is 17.0 Å². The maximum absolute atomic E-state index is 12.9. The van der Waals surface area contributed by atoms with E-state index in [2.05, 4.69) is 5.16 Å². The Hall–Kier alpha value is -1.50. The number of aromatic nitrogens is 1. The van der Waals surface area contributed by atoms with Crippen LogP contribution in [0.1, 0.15) is 36.3 Å². The fraction of sp³-hybridized carbons (Fsp3) is 0.706. The summed E-state index contributed by atoms with van der Waals surface area (Å²) in [4.78, 5) is 29.1. The van der Waals surface area contributed by atoms with Crippen LogP contribution in [0, 0.1) is 19.8 Å². The van der Waals surface area contributed by atoms with Crippen molar-refractivity contribution in [2.45, 2.75) is 45.7 Å². The summed E-state index contributed by atoms with van der Waals surface area (Å²) in [5, 5.41) is 3.99. The summed E-state index contributed by atoms with van der Waals surface area (Å²) < 4.78 is 5.23. The summed E-state index contributed by atoms with van der Waals surface area (Å²) in [6, 6.07) is 0.100. The lowest BCUT2D eigenvalue weighted by Gasteiger charge is -2.35. The molecule has 2 amide bonds. The van der Waals surface area contributed by atoms with Crippen LogP contribution in [0.5, 0.6) is 0 Å². The van der Waals surface area contributed by atoms with Crippen molar-refractivity contribution in [2.75, 3.05) is 25.1 Å². The average Bonchev–Trinajstić information content (AvgIpc) is 2.75. The molecule has 132 valence electrons. The highest BCUT2D eigenvalue weighted by molar-refractivity contribution is 7.98. The van der Waals surface area contributed by atoms with E-state index in [4.69, 9.17) is 4.52 Å². The third-order valence-electron chi connectivity index (χ3n) is 5.18. The number of carbonyl (C=O) groups is 2. The molecule has 7 heteroatoms. The number of thioether (sulfide) groups is 1. The summed E-state index contributed by atoms with van der Waals surface area (Å²) in [7, 11) is 0. The van der Waals surface area contributed by atoms with Gasteiger partial charge in [-0.2, -0.15) is 11.8 Å². The Morgan fingerprint density at radius 2 is 2.12 bits per heavy atom. The van der Waals surface area contributed by atoms with Gasteiger partial charge in [0.25, 0.3) is 0 Å². The van der Waals surface area contributed by atoms with Gasteiger partial charge in [0.1, 0.15) is 5.76 Å². The molecule has 0 N–H and O–H groups in total. The molecule has 0 spiro atoms. The summed E-state index contributed by atoms with van der Waals surface area (Å²) in [5.41, 5.74) is 1.84. The minimum Gasteiger partial charge on any atom is -0.361 e. The second-order valence-corrected chi connectivity index (χ2v) is 7.72. The number of piperidine rings is 1. The summed E-state index contributed by atoms with van der Waals surface area (Å²) in [5.74, 6) is 1.89. The maximum Gasteiger partial charge on any atom is 0.228 e. The van der Waals surface area contributed by atoms with Gasteiger partial charge in [-0.1, -0.05) is 5.16 Å². The number of nitrogens with zero attached hydrogens (tertiary/aromatic N) is 3. The first-order chi connectivity index (χ1) is 11.5. The Balaban J connectivity index is 1.76. The molecule has 2 atom stereocenters. The minimum atomic E-state index is -0.0672. The molecule has 3 saturated heterocycles. The Labute approximate surface area is 146 Å². The van der Waals surface area contributed by atoms with E-state index < -0.39 is 0 Å². The summed E-state index contributed by atoms with van der Waals surface area (Å²) in [6.07, 6.45) is 4.41. The normalized spacial score (nSPS) is 23.7. The van der Waals surface area contributed by atoms with Crippen LogP contribution in [0.3, 0.4) is 0 Å². The van der Waals surface area contributed by atoms with Crippen LogP contribution in [0.15, 0.2) is 4.52 Å². The average molecular weight is 351 g/mol. The summed E-state index contributed by atoms with van der Waals surface area (Å²) >= 11 is 1.68. The van der Waals surface area contributed by atoms with E-state index in [9.17, 15) is 9.59 Å². The lowest BCUT2D eigenvalue weighted by atomic mass is 9.93. The van der Waals surface area contributed by atoms with Crippen molar-refractivity contribution < 1.29 is 14.1 Å². The van der Waals surface area contributed by atoms with Crippen molar-refractivity contribution >= 4 is 23.6 Å². The Kier molecular flexibility index (Phi) is 5.18. The number of aryl methyl sites for hydroxylation is 2. The Bertz CT molecular complexity index is 611. The Morgan fingerprint density at radius 3 is 2.79 bits per heavy atom. The van der Waals surface area contributed by atoms with Crippen molar-refractivity contribution in [3.63, 3.8) is 0 Å². The van der Waals surface area contributed by atoms with E-state index >= 15 is 0 Å². The number of fused-ring (bicyclic) bond motifs is 4. The maximum atomic E-state index is 12.9. The van der Waals surface area contributed by atoms with Crippen LogP contribution >= 0.6 is 11.8 Å². The van der Waals surface area contributed by atoms with Gasteiger partial charge in [0.15, 0.2) is 0 Å². The van der Waals surface area contributed by atoms with Crippen LogP contribution in [0.2, 0.25) is 0 Å². The standard InChI is InChI=1S/C17H25N3O3S/c1-11-15(12(2)23-18-11)10-20-14-5-4-13(17(20)22)8-19(9-14)16(21)6-7-24-3/h13-14H,4-10H2,1-3H3/t13-,14+/m0/s1. The highest BCUT2D eigenvalue weighted by Gasteiger charge is 2.42. The summed E-state index contributed by atoms with van der Waals surface area (Å²) in [6.45, 7) is 5.55. The van der Waals surface area contributed by atoms with Crippen molar-refractivity contribution in [1.82, 2.24) is 15.0 Å². The second kappa shape index (κ2) is 7.17. The van der Waals surface area contributed by atoms with Gasteiger partial charge >= 0.3 is 0 Å². The zero-order valence-corrected chi connectivity index (χ0v) is 15.4. The van der Waals surface area contributed by atoms with Gasteiger partial charge in [-0.05, 0) is 32.9 Å². The first-order valence-corrected chi connectivity index (χ1v) is 9.89. The molecule has 4 rings (SSSR count). The van der Waals surface area contributed by atoms with E-state index in [1.807, 2.05) is 29.9 Å². The molecule has 1 aromatic heterocycles.